The lowest BCUT2D eigenvalue weighted by molar-refractivity contribution is 0.688. The summed E-state index contributed by atoms with van der Waals surface area (Å²) in [4.78, 5) is 4.10. The first-order valence-corrected chi connectivity index (χ1v) is 5.91. The van der Waals surface area contributed by atoms with Crippen molar-refractivity contribution in [3.8, 4) is 0 Å². The molecule has 0 radical (unpaired) electrons. The van der Waals surface area contributed by atoms with Crippen molar-refractivity contribution >= 4 is 0 Å². The fraction of sp³-hybridized carbons (Fsp3) is 0.267. The van der Waals surface area contributed by atoms with E-state index in [-0.39, 0.29) is 0 Å². The molecule has 0 aliphatic rings. The van der Waals surface area contributed by atoms with Gasteiger partial charge in [0.25, 0.3) is 0 Å². The zero-order valence-corrected chi connectivity index (χ0v) is 10.4. The van der Waals surface area contributed by atoms with Crippen molar-refractivity contribution in [1.82, 2.24) is 10.3 Å². The van der Waals surface area contributed by atoms with Crippen LogP contribution in [0.25, 0.3) is 0 Å². The minimum Gasteiger partial charge on any atom is -0.309 e. The maximum absolute atomic E-state index is 4.10. The molecule has 0 aliphatic heterocycles. The average molecular weight is 226 g/mol. The monoisotopic (exact) mass is 226 g/mol. The Morgan fingerprint density at radius 1 is 1.12 bits per heavy atom. The van der Waals surface area contributed by atoms with Gasteiger partial charge in [-0.1, -0.05) is 29.8 Å². The molecule has 0 amide bonds. The number of rotatable bonds is 4. The van der Waals surface area contributed by atoms with Crippen LogP contribution in [-0.4, -0.2) is 4.98 Å². The molecule has 2 heteroatoms. The van der Waals surface area contributed by atoms with Crippen molar-refractivity contribution in [3.05, 3.63) is 65.0 Å². The average Bonchev–Trinajstić information content (AvgIpc) is 2.35. The lowest BCUT2D eigenvalue weighted by Gasteiger charge is -2.08. The summed E-state index contributed by atoms with van der Waals surface area (Å²) in [6, 6.07) is 10.6. The number of aryl methyl sites for hydroxylation is 2. The molecule has 0 unspecified atom stereocenters. The zero-order valence-electron chi connectivity index (χ0n) is 10.4. The highest BCUT2D eigenvalue weighted by Crippen LogP contribution is 2.10. The molecule has 2 nitrogen and oxygen atoms in total. The highest BCUT2D eigenvalue weighted by atomic mass is 14.8. The molecule has 88 valence electrons. The van der Waals surface area contributed by atoms with Gasteiger partial charge < -0.3 is 5.32 Å². The van der Waals surface area contributed by atoms with Crippen LogP contribution in [0.5, 0.6) is 0 Å². The Bertz CT molecular complexity index is 478. The lowest BCUT2D eigenvalue weighted by Crippen LogP contribution is -2.13. The molecule has 1 N–H and O–H groups in total. The number of hydrogen-bond acceptors (Lipinski definition) is 2. The van der Waals surface area contributed by atoms with Crippen LogP contribution >= 0.6 is 0 Å². The SMILES string of the molecule is Cc1ccc(C)c(CNCc2cccnc2)c1. The van der Waals surface area contributed by atoms with Crippen molar-refractivity contribution in [2.24, 2.45) is 0 Å². The van der Waals surface area contributed by atoms with Gasteiger partial charge in [0.05, 0.1) is 0 Å². The van der Waals surface area contributed by atoms with Crippen molar-refractivity contribution in [1.29, 1.82) is 0 Å². The van der Waals surface area contributed by atoms with E-state index in [9.17, 15) is 0 Å². The first kappa shape index (κ1) is 11.8. The molecule has 0 fully saturated rings. The van der Waals surface area contributed by atoms with E-state index in [0.717, 1.165) is 13.1 Å². The first-order valence-electron chi connectivity index (χ1n) is 5.91. The summed E-state index contributed by atoms with van der Waals surface area (Å²) in [5, 5.41) is 3.45. The van der Waals surface area contributed by atoms with Gasteiger partial charge in [0.1, 0.15) is 0 Å². The van der Waals surface area contributed by atoms with Crippen LogP contribution < -0.4 is 5.32 Å². The Balaban J connectivity index is 1.92. The molecular formula is C15H18N2. The van der Waals surface area contributed by atoms with E-state index in [1.807, 2.05) is 12.3 Å². The second-order valence-corrected chi connectivity index (χ2v) is 4.39. The smallest absolute Gasteiger partial charge is 0.0312 e. The molecule has 0 saturated carbocycles. The predicted octanol–water partition coefficient (Wildman–Crippen LogP) is 2.99. The quantitative estimate of drug-likeness (QED) is 0.867. The lowest BCUT2D eigenvalue weighted by atomic mass is 10.1. The maximum atomic E-state index is 4.10. The van der Waals surface area contributed by atoms with E-state index in [1.54, 1.807) is 6.20 Å². The van der Waals surface area contributed by atoms with E-state index in [2.05, 4.69) is 48.4 Å². The molecule has 1 heterocycles. The molecule has 0 aliphatic carbocycles. The Labute approximate surface area is 103 Å². The van der Waals surface area contributed by atoms with Crippen LogP contribution in [0, 0.1) is 13.8 Å². The minimum atomic E-state index is 0.862. The van der Waals surface area contributed by atoms with Gasteiger partial charge in [-0.25, -0.2) is 0 Å². The van der Waals surface area contributed by atoms with E-state index in [4.69, 9.17) is 0 Å². The van der Waals surface area contributed by atoms with Gasteiger partial charge in [0.15, 0.2) is 0 Å². The molecule has 0 spiro atoms. The molecule has 0 saturated heterocycles. The van der Waals surface area contributed by atoms with Crippen LogP contribution in [-0.2, 0) is 13.1 Å². The third kappa shape index (κ3) is 3.40. The van der Waals surface area contributed by atoms with Crippen molar-refractivity contribution < 1.29 is 0 Å². The van der Waals surface area contributed by atoms with Crippen molar-refractivity contribution in [3.63, 3.8) is 0 Å². The number of nitrogens with one attached hydrogen (secondary N) is 1. The summed E-state index contributed by atoms with van der Waals surface area (Å²) in [6.07, 6.45) is 3.70. The fourth-order valence-corrected chi connectivity index (χ4v) is 1.83. The highest BCUT2D eigenvalue weighted by Gasteiger charge is 1.98. The molecule has 2 aromatic rings. The summed E-state index contributed by atoms with van der Waals surface area (Å²) in [7, 11) is 0. The Kier molecular flexibility index (Phi) is 3.89. The standard InChI is InChI=1S/C15H18N2/c1-12-5-6-13(2)15(8-12)11-17-10-14-4-3-7-16-9-14/h3-9,17H,10-11H2,1-2H3. The van der Waals surface area contributed by atoms with Gasteiger partial charge in [0, 0.05) is 25.5 Å². The van der Waals surface area contributed by atoms with E-state index < -0.39 is 0 Å². The van der Waals surface area contributed by atoms with Gasteiger partial charge in [-0.05, 0) is 36.6 Å². The molecule has 2 rings (SSSR count). The van der Waals surface area contributed by atoms with Crippen LogP contribution in [0.3, 0.4) is 0 Å². The van der Waals surface area contributed by atoms with E-state index in [1.165, 1.54) is 22.3 Å². The van der Waals surface area contributed by atoms with Gasteiger partial charge >= 0.3 is 0 Å². The summed E-state index contributed by atoms with van der Waals surface area (Å²) < 4.78 is 0. The molecule has 0 bridgehead atoms. The van der Waals surface area contributed by atoms with Crippen LogP contribution in [0.4, 0.5) is 0 Å². The summed E-state index contributed by atoms with van der Waals surface area (Å²) in [6.45, 7) is 6.05. The Morgan fingerprint density at radius 2 is 2.00 bits per heavy atom. The van der Waals surface area contributed by atoms with Gasteiger partial charge in [-0.3, -0.25) is 4.98 Å². The zero-order chi connectivity index (χ0) is 12.1. The van der Waals surface area contributed by atoms with Crippen molar-refractivity contribution in [2.75, 3.05) is 0 Å². The number of benzene rings is 1. The van der Waals surface area contributed by atoms with Crippen LogP contribution in [0.1, 0.15) is 22.3 Å². The molecular weight excluding hydrogens is 208 g/mol. The Hall–Kier alpha value is -1.67. The third-order valence-electron chi connectivity index (χ3n) is 2.87. The summed E-state index contributed by atoms with van der Waals surface area (Å²) in [5.74, 6) is 0. The number of aromatic nitrogens is 1. The minimum absolute atomic E-state index is 0.862. The normalized spacial score (nSPS) is 10.5. The molecule has 1 aromatic heterocycles. The van der Waals surface area contributed by atoms with E-state index >= 15 is 0 Å². The second-order valence-electron chi connectivity index (χ2n) is 4.39. The topological polar surface area (TPSA) is 24.9 Å². The van der Waals surface area contributed by atoms with Crippen LogP contribution in [0.15, 0.2) is 42.7 Å². The maximum Gasteiger partial charge on any atom is 0.0312 e. The molecule has 0 atom stereocenters. The number of nitrogens with zero attached hydrogens (tertiary/aromatic N) is 1. The number of pyridine rings is 1. The largest absolute Gasteiger partial charge is 0.309 e. The van der Waals surface area contributed by atoms with Crippen molar-refractivity contribution in [2.45, 2.75) is 26.9 Å². The number of hydrogen-bond donors (Lipinski definition) is 1. The summed E-state index contributed by atoms with van der Waals surface area (Å²) >= 11 is 0. The highest BCUT2D eigenvalue weighted by molar-refractivity contribution is 5.30. The first-order chi connectivity index (χ1) is 8.25. The summed E-state index contributed by atoms with van der Waals surface area (Å²) in [5.41, 5.74) is 5.25. The molecule has 1 aromatic carbocycles. The van der Waals surface area contributed by atoms with Crippen LogP contribution in [0.2, 0.25) is 0 Å². The second kappa shape index (κ2) is 5.60. The third-order valence-corrected chi connectivity index (χ3v) is 2.87. The van der Waals surface area contributed by atoms with Gasteiger partial charge in [-0.15, -0.1) is 0 Å². The molecule has 17 heavy (non-hydrogen) atoms. The van der Waals surface area contributed by atoms with Gasteiger partial charge in [-0.2, -0.15) is 0 Å². The predicted molar refractivity (Wildman–Crippen MR) is 70.7 cm³/mol. The fourth-order valence-electron chi connectivity index (χ4n) is 1.83. The van der Waals surface area contributed by atoms with Gasteiger partial charge in [0.2, 0.25) is 0 Å². The van der Waals surface area contributed by atoms with E-state index in [0.29, 0.717) is 0 Å². The Morgan fingerprint density at radius 3 is 2.76 bits per heavy atom.